The second kappa shape index (κ2) is 9.49. The third kappa shape index (κ3) is 5.22. The van der Waals surface area contributed by atoms with Crippen LogP contribution in [-0.4, -0.2) is 38.0 Å². The Morgan fingerprint density at radius 3 is 2.48 bits per heavy atom. The monoisotopic (exact) mass is 416 g/mol. The molecule has 4 aromatic rings. The number of carboxylic acids is 2. The van der Waals surface area contributed by atoms with Crippen molar-refractivity contribution in [3.8, 4) is 0 Å². The number of carbonyl (C=O) groups is 3. The lowest BCUT2D eigenvalue weighted by Gasteiger charge is -2.06. The number of para-hydroxylation sites is 1. The highest BCUT2D eigenvalue weighted by molar-refractivity contribution is 5.94. The molecular weight excluding hydrogens is 396 g/mol. The van der Waals surface area contributed by atoms with E-state index < -0.39 is 11.9 Å². The van der Waals surface area contributed by atoms with Crippen LogP contribution in [0.25, 0.3) is 10.9 Å². The third-order valence-electron chi connectivity index (χ3n) is 4.70. The van der Waals surface area contributed by atoms with E-state index in [9.17, 15) is 14.4 Å². The topological polar surface area (TPSA) is 109 Å². The van der Waals surface area contributed by atoms with Crippen molar-refractivity contribution in [3.05, 3.63) is 101 Å². The van der Waals surface area contributed by atoms with E-state index in [4.69, 9.17) is 10.2 Å². The summed E-state index contributed by atoms with van der Waals surface area (Å²) >= 11 is 0. The standard InChI is InChI=1S/C15H12N2O.C9H8O4/c18-11-14-5-3-7-17(14)10-12-8-13-4-1-2-6-15(13)16-9-12;1-5-2-3-6(8(10)11)4-7(5)9(12)13/h1-9,11H,10H2;2-4H,1H3,(H,10,11)(H,12,13). The molecule has 0 aliphatic rings. The number of aromatic nitrogens is 2. The number of aryl methyl sites for hydroxylation is 1. The van der Waals surface area contributed by atoms with Crippen LogP contribution in [0.3, 0.4) is 0 Å². The molecule has 0 amide bonds. The van der Waals surface area contributed by atoms with Gasteiger partial charge in [-0.1, -0.05) is 24.3 Å². The second-order valence-corrected chi connectivity index (χ2v) is 6.86. The maximum absolute atomic E-state index is 10.9. The highest BCUT2D eigenvalue weighted by atomic mass is 16.4. The summed E-state index contributed by atoms with van der Waals surface area (Å²) in [4.78, 5) is 36.4. The zero-order valence-electron chi connectivity index (χ0n) is 16.7. The van der Waals surface area contributed by atoms with Gasteiger partial charge in [-0.2, -0.15) is 0 Å². The first-order valence-corrected chi connectivity index (χ1v) is 9.40. The highest BCUT2D eigenvalue weighted by Crippen LogP contribution is 2.14. The van der Waals surface area contributed by atoms with Crippen LogP contribution in [0.5, 0.6) is 0 Å². The molecule has 0 unspecified atom stereocenters. The van der Waals surface area contributed by atoms with Gasteiger partial charge in [-0.3, -0.25) is 9.78 Å². The number of aldehydes is 1. The van der Waals surface area contributed by atoms with Crippen LogP contribution < -0.4 is 0 Å². The summed E-state index contributed by atoms with van der Waals surface area (Å²) in [5, 5.41) is 18.4. The zero-order chi connectivity index (χ0) is 22.4. The molecule has 2 aromatic carbocycles. The first kappa shape index (κ1) is 21.4. The number of benzene rings is 2. The minimum absolute atomic E-state index is 0.0111. The molecule has 2 aromatic heterocycles. The second-order valence-electron chi connectivity index (χ2n) is 6.86. The minimum atomic E-state index is -1.12. The Morgan fingerprint density at radius 2 is 1.77 bits per heavy atom. The van der Waals surface area contributed by atoms with E-state index in [0.717, 1.165) is 28.8 Å². The van der Waals surface area contributed by atoms with Gasteiger partial charge < -0.3 is 14.8 Å². The number of nitrogens with zero attached hydrogens (tertiary/aromatic N) is 2. The third-order valence-corrected chi connectivity index (χ3v) is 4.70. The number of fused-ring (bicyclic) bond motifs is 1. The molecule has 4 rings (SSSR count). The Hall–Kier alpha value is -4.26. The molecule has 0 fully saturated rings. The highest BCUT2D eigenvalue weighted by Gasteiger charge is 2.10. The summed E-state index contributed by atoms with van der Waals surface area (Å²) < 4.78 is 1.92. The number of rotatable bonds is 5. The lowest BCUT2D eigenvalue weighted by molar-refractivity contribution is 0.0695. The SMILES string of the molecule is Cc1ccc(C(=O)O)cc1C(=O)O.O=Cc1cccn1Cc1cnc2ccccc2c1. The summed E-state index contributed by atoms with van der Waals surface area (Å²) in [6.07, 6.45) is 4.63. The lowest BCUT2D eigenvalue weighted by Crippen LogP contribution is -2.03. The quantitative estimate of drug-likeness (QED) is 0.470. The summed E-state index contributed by atoms with van der Waals surface area (Å²) in [5.74, 6) is -2.23. The average Bonchev–Trinajstić information content (AvgIpc) is 3.21. The van der Waals surface area contributed by atoms with Gasteiger partial charge in [0.1, 0.15) is 0 Å². The molecule has 0 aliphatic carbocycles. The molecule has 2 heterocycles. The molecule has 0 spiro atoms. The molecule has 0 saturated heterocycles. The van der Waals surface area contributed by atoms with E-state index in [1.807, 2.05) is 53.4 Å². The van der Waals surface area contributed by atoms with E-state index >= 15 is 0 Å². The Kier molecular flexibility index (Phi) is 6.57. The Balaban J connectivity index is 0.000000187. The van der Waals surface area contributed by atoms with Gasteiger partial charge in [0.05, 0.1) is 22.3 Å². The summed E-state index contributed by atoms with van der Waals surface area (Å²) in [6.45, 7) is 2.29. The molecule has 7 nitrogen and oxygen atoms in total. The number of carboxylic acid groups (broad SMARTS) is 2. The molecule has 0 bridgehead atoms. The van der Waals surface area contributed by atoms with E-state index in [1.165, 1.54) is 12.1 Å². The summed E-state index contributed by atoms with van der Waals surface area (Å²) in [6, 6.07) is 17.8. The Labute approximate surface area is 178 Å². The molecular formula is C24H20N2O5. The molecule has 31 heavy (non-hydrogen) atoms. The van der Waals surface area contributed by atoms with Crippen molar-refractivity contribution in [3.63, 3.8) is 0 Å². The number of carbonyl (C=O) groups excluding carboxylic acids is 1. The fourth-order valence-electron chi connectivity index (χ4n) is 3.06. The van der Waals surface area contributed by atoms with Crippen LogP contribution in [0.4, 0.5) is 0 Å². The molecule has 0 atom stereocenters. The maximum Gasteiger partial charge on any atom is 0.335 e. The van der Waals surface area contributed by atoms with Crippen LogP contribution in [0.15, 0.2) is 73.1 Å². The normalized spacial score (nSPS) is 10.2. The van der Waals surface area contributed by atoms with Crippen LogP contribution in [0.2, 0.25) is 0 Å². The first-order valence-electron chi connectivity index (χ1n) is 9.40. The van der Waals surface area contributed by atoms with Crippen molar-refractivity contribution in [2.24, 2.45) is 0 Å². The van der Waals surface area contributed by atoms with E-state index in [-0.39, 0.29) is 11.1 Å². The first-order chi connectivity index (χ1) is 14.9. The van der Waals surface area contributed by atoms with Crippen LogP contribution >= 0.6 is 0 Å². The fourth-order valence-corrected chi connectivity index (χ4v) is 3.06. The average molecular weight is 416 g/mol. The van der Waals surface area contributed by atoms with Gasteiger partial charge in [0.25, 0.3) is 0 Å². The van der Waals surface area contributed by atoms with Crippen molar-refractivity contribution >= 4 is 29.1 Å². The van der Waals surface area contributed by atoms with Crippen LogP contribution in [0, 0.1) is 6.92 Å². The fraction of sp³-hybridized carbons (Fsp3) is 0.0833. The number of aromatic carboxylic acids is 2. The van der Waals surface area contributed by atoms with Crippen molar-refractivity contribution in [2.45, 2.75) is 13.5 Å². The van der Waals surface area contributed by atoms with Crippen molar-refractivity contribution in [2.75, 3.05) is 0 Å². The molecule has 0 saturated carbocycles. The Morgan fingerprint density at radius 1 is 1.00 bits per heavy atom. The maximum atomic E-state index is 10.9. The van der Waals surface area contributed by atoms with E-state index in [1.54, 1.807) is 6.92 Å². The molecule has 2 N–H and O–H groups in total. The number of hydrogen-bond donors (Lipinski definition) is 2. The summed E-state index contributed by atoms with van der Waals surface area (Å²) in [5.41, 5.74) is 3.33. The Bertz CT molecular complexity index is 1260. The predicted molar refractivity (Wildman–Crippen MR) is 116 cm³/mol. The smallest absolute Gasteiger partial charge is 0.335 e. The van der Waals surface area contributed by atoms with Gasteiger partial charge in [0.15, 0.2) is 6.29 Å². The lowest BCUT2D eigenvalue weighted by atomic mass is 10.1. The van der Waals surface area contributed by atoms with Gasteiger partial charge in [-0.05, 0) is 54.4 Å². The van der Waals surface area contributed by atoms with Gasteiger partial charge in [-0.25, -0.2) is 9.59 Å². The van der Waals surface area contributed by atoms with Crippen molar-refractivity contribution in [1.29, 1.82) is 0 Å². The molecule has 7 heteroatoms. The van der Waals surface area contributed by atoms with Crippen molar-refractivity contribution < 1.29 is 24.6 Å². The zero-order valence-corrected chi connectivity index (χ0v) is 16.7. The molecule has 0 aliphatic heterocycles. The van der Waals surface area contributed by atoms with Gasteiger partial charge in [0, 0.05) is 24.3 Å². The molecule has 0 radical (unpaired) electrons. The van der Waals surface area contributed by atoms with Crippen molar-refractivity contribution in [1.82, 2.24) is 9.55 Å². The number of hydrogen-bond acceptors (Lipinski definition) is 4. The van der Waals surface area contributed by atoms with E-state index in [0.29, 0.717) is 17.8 Å². The van der Waals surface area contributed by atoms with Crippen LogP contribution in [0.1, 0.15) is 42.3 Å². The van der Waals surface area contributed by atoms with Gasteiger partial charge in [-0.15, -0.1) is 0 Å². The van der Waals surface area contributed by atoms with E-state index in [2.05, 4.69) is 11.1 Å². The van der Waals surface area contributed by atoms with Gasteiger partial charge >= 0.3 is 11.9 Å². The summed E-state index contributed by atoms with van der Waals surface area (Å²) in [7, 11) is 0. The predicted octanol–water partition coefficient (Wildman–Crippen LogP) is 4.29. The number of pyridine rings is 1. The van der Waals surface area contributed by atoms with Gasteiger partial charge in [0.2, 0.25) is 0 Å². The van der Waals surface area contributed by atoms with Crippen LogP contribution in [-0.2, 0) is 6.54 Å². The largest absolute Gasteiger partial charge is 0.478 e. The minimum Gasteiger partial charge on any atom is -0.478 e. The molecule has 156 valence electrons.